The average molecular weight is 136 g/mol. The molecule has 3 N–H and O–H groups in total. The van der Waals surface area contributed by atoms with E-state index in [1.54, 1.807) is 6.08 Å². The molecule has 0 heterocycles. The van der Waals surface area contributed by atoms with Gasteiger partial charge < -0.3 is 10.8 Å². The second-order valence-corrected chi connectivity index (χ2v) is 1.85. The van der Waals surface area contributed by atoms with Gasteiger partial charge >= 0.3 is 0 Å². The molecule has 1 aliphatic rings. The molecule has 0 bridgehead atoms. The summed E-state index contributed by atoms with van der Waals surface area (Å²) in [6.45, 7) is 0. The topological polar surface area (TPSA) is 46.2 Å². The summed E-state index contributed by atoms with van der Waals surface area (Å²) in [6, 6.07) is 0.0926. The highest BCUT2D eigenvalue weighted by atomic mass is 35.5. The van der Waals surface area contributed by atoms with Crippen LogP contribution in [0.4, 0.5) is 0 Å². The Kier molecular flexibility index (Phi) is 3.05. The minimum atomic E-state index is -0.282. The first-order valence-corrected chi connectivity index (χ1v) is 2.41. The number of hydrogen-bond acceptors (Lipinski definition) is 2. The van der Waals surface area contributed by atoms with E-state index in [0.29, 0.717) is 6.42 Å². The van der Waals surface area contributed by atoms with Gasteiger partial charge in [-0.2, -0.15) is 0 Å². The van der Waals surface area contributed by atoms with Gasteiger partial charge in [0.15, 0.2) is 0 Å². The van der Waals surface area contributed by atoms with Crippen LogP contribution in [-0.4, -0.2) is 17.3 Å². The van der Waals surface area contributed by atoms with E-state index in [4.69, 9.17) is 10.8 Å². The first-order chi connectivity index (χ1) is 3.29. The lowest BCUT2D eigenvalue weighted by Gasteiger charge is -1.97. The molecule has 0 amide bonds. The van der Waals surface area contributed by atoms with Crippen molar-refractivity contribution >= 4 is 12.4 Å². The molecule has 0 aromatic carbocycles. The van der Waals surface area contributed by atoms with E-state index < -0.39 is 0 Å². The second kappa shape index (κ2) is 3.07. The number of aliphatic hydroxyl groups is 1. The van der Waals surface area contributed by atoms with Crippen LogP contribution in [0.25, 0.3) is 0 Å². The zero-order valence-electron chi connectivity index (χ0n) is 4.45. The van der Waals surface area contributed by atoms with Crippen molar-refractivity contribution in [2.75, 3.05) is 0 Å². The normalized spacial score (nSPS) is 34.8. The van der Waals surface area contributed by atoms with Crippen molar-refractivity contribution in [2.45, 2.75) is 18.6 Å². The number of rotatable bonds is 0. The lowest BCUT2D eigenvalue weighted by molar-refractivity contribution is 0.218. The maximum absolute atomic E-state index is 8.73. The molecule has 0 fully saturated rings. The van der Waals surface area contributed by atoms with Crippen LogP contribution < -0.4 is 5.73 Å². The highest BCUT2D eigenvalue weighted by Crippen LogP contribution is 2.06. The molecule has 1 rings (SSSR count). The second-order valence-electron chi connectivity index (χ2n) is 1.85. The Morgan fingerprint density at radius 2 is 2.12 bits per heavy atom. The monoisotopic (exact) mass is 135 g/mol. The van der Waals surface area contributed by atoms with E-state index in [1.165, 1.54) is 0 Å². The highest BCUT2D eigenvalue weighted by Gasteiger charge is 2.10. The van der Waals surface area contributed by atoms with Crippen LogP contribution >= 0.6 is 12.4 Å². The summed E-state index contributed by atoms with van der Waals surface area (Å²) < 4.78 is 0. The van der Waals surface area contributed by atoms with E-state index >= 15 is 0 Å². The van der Waals surface area contributed by atoms with E-state index in [0.717, 1.165) is 0 Å². The van der Waals surface area contributed by atoms with Crippen molar-refractivity contribution < 1.29 is 5.11 Å². The summed E-state index contributed by atoms with van der Waals surface area (Å²) in [5, 5.41) is 8.73. The fourth-order valence-electron chi connectivity index (χ4n) is 0.707. The van der Waals surface area contributed by atoms with Crippen LogP contribution in [0.1, 0.15) is 6.42 Å². The van der Waals surface area contributed by atoms with Crippen LogP contribution in [-0.2, 0) is 0 Å². The first-order valence-electron chi connectivity index (χ1n) is 2.41. The van der Waals surface area contributed by atoms with Gasteiger partial charge in [0.1, 0.15) is 0 Å². The van der Waals surface area contributed by atoms with Crippen LogP contribution in [0.15, 0.2) is 12.2 Å². The van der Waals surface area contributed by atoms with E-state index in [-0.39, 0.29) is 24.6 Å². The van der Waals surface area contributed by atoms with Crippen molar-refractivity contribution in [3.63, 3.8) is 0 Å². The SMILES string of the molecule is Cl.N[C@H]1C=C[C@@H](O)C1. The summed E-state index contributed by atoms with van der Waals surface area (Å²) in [5.41, 5.74) is 5.38. The van der Waals surface area contributed by atoms with Crippen LogP contribution in [0.5, 0.6) is 0 Å². The first kappa shape index (κ1) is 7.95. The third kappa shape index (κ3) is 1.82. The Hall–Kier alpha value is -0.0500. The summed E-state index contributed by atoms with van der Waals surface area (Å²) in [7, 11) is 0. The van der Waals surface area contributed by atoms with Gasteiger partial charge in [-0.3, -0.25) is 0 Å². The number of nitrogens with two attached hydrogens (primary N) is 1. The zero-order chi connectivity index (χ0) is 5.28. The fourth-order valence-corrected chi connectivity index (χ4v) is 0.707. The molecule has 2 atom stereocenters. The minimum absolute atomic E-state index is 0. The molecule has 0 saturated carbocycles. The predicted molar refractivity (Wildman–Crippen MR) is 35.0 cm³/mol. The van der Waals surface area contributed by atoms with Gasteiger partial charge in [0.25, 0.3) is 0 Å². The van der Waals surface area contributed by atoms with Gasteiger partial charge in [0.05, 0.1) is 6.10 Å². The number of hydrogen-bond donors (Lipinski definition) is 2. The minimum Gasteiger partial charge on any atom is -0.389 e. The molecular formula is C5H10ClNO. The van der Waals surface area contributed by atoms with Gasteiger partial charge in [-0.05, 0) is 6.42 Å². The number of halogens is 1. The van der Waals surface area contributed by atoms with Gasteiger partial charge in [0.2, 0.25) is 0 Å². The summed E-state index contributed by atoms with van der Waals surface area (Å²) in [6.07, 6.45) is 3.96. The van der Waals surface area contributed by atoms with E-state index in [1.807, 2.05) is 6.08 Å². The Bertz CT molecular complexity index is 84.4. The molecule has 0 aliphatic heterocycles. The van der Waals surface area contributed by atoms with Crippen molar-refractivity contribution in [2.24, 2.45) is 5.73 Å². The summed E-state index contributed by atoms with van der Waals surface area (Å²) >= 11 is 0. The average Bonchev–Trinajstić information content (AvgIpc) is 1.87. The standard InChI is InChI=1S/C5H9NO.ClH/c6-4-1-2-5(7)3-4;/h1-2,4-5,7H,3,6H2;1H/t4-,5+;/m0./s1. The molecular weight excluding hydrogens is 126 g/mol. The summed E-state index contributed by atoms with van der Waals surface area (Å²) in [5.74, 6) is 0. The van der Waals surface area contributed by atoms with E-state index in [2.05, 4.69) is 0 Å². The third-order valence-electron chi connectivity index (χ3n) is 1.09. The lowest BCUT2D eigenvalue weighted by atomic mass is 10.2. The molecule has 0 spiro atoms. The quantitative estimate of drug-likeness (QED) is 0.462. The Labute approximate surface area is 54.8 Å². The van der Waals surface area contributed by atoms with Crippen molar-refractivity contribution in [1.82, 2.24) is 0 Å². The largest absolute Gasteiger partial charge is 0.389 e. The maximum Gasteiger partial charge on any atom is 0.0739 e. The Morgan fingerprint density at radius 1 is 1.50 bits per heavy atom. The molecule has 0 aromatic heterocycles. The molecule has 1 aliphatic carbocycles. The molecule has 0 unspecified atom stereocenters. The Morgan fingerprint density at radius 3 is 2.25 bits per heavy atom. The molecule has 3 heteroatoms. The highest BCUT2D eigenvalue weighted by molar-refractivity contribution is 5.85. The van der Waals surface area contributed by atoms with Crippen molar-refractivity contribution in [3.8, 4) is 0 Å². The molecule has 0 saturated heterocycles. The molecule has 2 nitrogen and oxygen atoms in total. The number of aliphatic hydroxyl groups excluding tert-OH is 1. The molecule has 48 valence electrons. The molecule has 8 heavy (non-hydrogen) atoms. The lowest BCUT2D eigenvalue weighted by Crippen LogP contribution is -2.16. The van der Waals surface area contributed by atoms with Crippen LogP contribution in [0, 0.1) is 0 Å². The zero-order valence-corrected chi connectivity index (χ0v) is 5.27. The third-order valence-corrected chi connectivity index (χ3v) is 1.09. The van der Waals surface area contributed by atoms with Gasteiger partial charge in [0, 0.05) is 6.04 Å². The van der Waals surface area contributed by atoms with Gasteiger partial charge in [-0.25, -0.2) is 0 Å². The van der Waals surface area contributed by atoms with Crippen LogP contribution in [0.2, 0.25) is 0 Å². The smallest absolute Gasteiger partial charge is 0.0739 e. The molecule has 0 aromatic rings. The van der Waals surface area contributed by atoms with E-state index in [9.17, 15) is 0 Å². The van der Waals surface area contributed by atoms with Crippen molar-refractivity contribution in [3.05, 3.63) is 12.2 Å². The fraction of sp³-hybridized carbons (Fsp3) is 0.600. The maximum atomic E-state index is 8.73. The predicted octanol–water partition coefficient (Wildman–Crippen LogP) is 0.0563. The summed E-state index contributed by atoms with van der Waals surface area (Å²) in [4.78, 5) is 0. The van der Waals surface area contributed by atoms with Crippen LogP contribution in [0.3, 0.4) is 0 Å². The van der Waals surface area contributed by atoms with Gasteiger partial charge in [-0.15, -0.1) is 12.4 Å². The molecule has 0 radical (unpaired) electrons. The Balaban J connectivity index is 0.000000490. The van der Waals surface area contributed by atoms with Gasteiger partial charge in [-0.1, -0.05) is 12.2 Å². The van der Waals surface area contributed by atoms with Crippen molar-refractivity contribution in [1.29, 1.82) is 0 Å².